The highest BCUT2D eigenvalue weighted by atomic mass is 32.2. The lowest BCUT2D eigenvalue weighted by atomic mass is 9.87. The molecule has 0 atom stereocenters. The van der Waals surface area contributed by atoms with Crippen LogP contribution < -0.4 is 4.72 Å². The van der Waals surface area contributed by atoms with E-state index >= 15 is 0 Å². The van der Waals surface area contributed by atoms with E-state index in [-0.39, 0.29) is 4.90 Å². The van der Waals surface area contributed by atoms with Crippen molar-refractivity contribution in [3.05, 3.63) is 29.6 Å². The number of benzene rings is 1. The van der Waals surface area contributed by atoms with E-state index in [1.54, 1.807) is 20.8 Å². The second-order valence-corrected chi connectivity index (χ2v) is 7.35. The van der Waals surface area contributed by atoms with E-state index < -0.39 is 27.0 Å². The van der Waals surface area contributed by atoms with Gasteiger partial charge in [-0.05, 0) is 52.3 Å². The van der Waals surface area contributed by atoms with E-state index in [9.17, 15) is 17.9 Å². The van der Waals surface area contributed by atoms with Crippen LogP contribution >= 0.6 is 0 Å². The molecule has 0 saturated carbocycles. The molecular formula is C13H20FNO3S. The van der Waals surface area contributed by atoms with Gasteiger partial charge in [-0.3, -0.25) is 0 Å². The molecule has 108 valence electrons. The van der Waals surface area contributed by atoms with Crippen LogP contribution in [0.5, 0.6) is 0 Å². The van der Waals surface area contributed by atoms with E-state index in [4.69, 9.17) is 0 Å². The molecule has 0 amide bonds. The highest BCUT2D eigenvalue weighted by Crippen LogP contribution is 2.25. The third-order valence-electron chi connectivity index (χ3n) is 3.36. The smallest absolute Gasteiger partial charge is 0.241 e. The molecule has 0 spiro atoms. The van der Waals surface area contributed by atoms with Crippen LogP contribution in [0.3, 0.4) is 0 Å². The van der Waals surface area contributed by atoms with Crippen molar-refractivity contribution >= 4 is 10.0 Å². The predicted octanol–water partition coefficient (Wildman–Crippen LogP) is 1.96. The molecule has 0 bridgehead atoms. The molecule has 6 heteroatoms. The zero-order valence-electron chi connectivity index (χ0n) is 11.8. The normalized spacial score (nSPS) is 13.6. The predicted molar refractivity (Wildman–Crippen MR) is 71.8 cm³/mol. The van der Waals surface area contributed by atoms with Gasteiger partial charge in [-0.15, -0.1) is 0 Å². The van der Waals surface area contributed by atoms with Gasteiger partial charge in [0.15, 0.2) is 0 Å². The largest absolute Gasteiger partial charge is 0.389 e. The summed E-state index contributed by atoms with van der Waals surface area (Å²) in [4.78, 5) is -0.121. The van der Waals surface area contributed by atoms with Crippen molar-refractivity contribution in [3.8, 4) is 0 Å². The first-order chi connectivity index (χ1) is 8.37. The Labute approximate surface area is 113 Å². The average Bonchev–Trinajstić information content (AvgIpc) is 2.18. The SMILES string of the molecule is Cc1ccc(F)cc1S(=O)(=O)NC(C)(C)C(C)(C)O. The van der Waals surface area contributed by atoms with Gasteiger partial charge in [0, 0.05) is 0 Å². The second-order valence-electron chi connectivity index (χ2n) is 5.70. The van der Waals surface area contributed by atoms with Crippen molar-refractivity contribution < 1.29 is 17.9 Å². The molecule has 1 rings (SSSR count). The average molecular weight is 289 g/mol. The maximum absolute atomic E-state index is 13.2. The van der Waals surface area contributed by atoms with E-state index in [0.29, 0.717) is 5.56 Å². The van der Waals surface area contributed by atoms with Gasteiger partial charge in [0.1, 0.15) is 5.82 Å². The lowest BCUT2D eigenvalue weighted by molar-refractivity contribution is 0.00638. The molecule has 1 aromatic carbocycles. The lowest BCUT2D eigenvalue weighted by Crippen LogP contribution is -2.57. The number of aliphatic hydroxyl groups is 1. The molecular weight excluding hydrogens is 269 g/mol. The van der Waals surface area contributed by atoms with Crippen molar-refractivity contribution in [3.63, 3.8) is 0 Å². The fourth-order valence-corrected chi connectivity index (χ4v) is 3.17. The molecule has 0 aliphatic rings. The van der Waals surface area contributed by atoms with Crippen LogP contribution in [0.4, 0.5) is 4.39 Å². The van der Waals surface area contributed by atoms with Gasteiger partial charge in [0.05, 0.1) is 16.0 Å². The van der Waals surface area contributed by atoms with Gasteiger partial charge in [0.25, 0.3) is 0 Å². The van der Waals surface area contributed by atoms with Crippen LogP contribution in [-0.4, -0.2) is 24.7 Å². The van der Waals surface area contributed by atoms with Gasteiger partial charge < -0.3 is 5.11 Å². The number of halogens is 1. The zero-order chi connectivity index (χ0) is 15.1. The standard InChI is InChI=1S/C13H20FNO3S/c1-9-6-7-10(14)8-11(9)19(17,18)15-12(2,3)13(4,5)16/h6-8,15-16H,1-5H3. The number of nitrogens with one attached hydrogen (secondary N) is 1. The second kappa shape index (κ2) is 4.85. The Morgan fingerprint density at radius 2 is 1.74 bits per heavy atom. The maximum atomic E-state index is 13.2. The Kier molecular flexibility index (Phi) is 4.10. The van der Waals surface area contributed by atoms with Crippen molar-refractivity contribution in [1.29, 1.82) is 0 Å². The molecule has 0 heterocycles. The molecule has 19 heavy (non-hydrogen) atoms. The minimum Gasteiger partial charge on any atom is -0.389 e. The summed E-state index contributed by atoms with van der Waals surface area (Å²) in [6.45, 7) is 7.74. The monoisotopic (exact) mass is 289 g/mol. The van der Waals surface area contributed by atoms with Gasteiger partial charge in [0.2, 0.25) is 10.0 Å². The quantitative estimate of drug-likeness (QED) is 0.890. The Balaban J connectivity index is 3.23. The Bertz CT molecular complexity index is 574. The summed E-state index contributed by atoms with van der Waals surface area (Å²) < 4.78 is 40.2. The Morgan fingerprint density at radius 1 is 1.21 bits per heavy atom. The maximum Gasteiger partial charge on any atom is 0.241 e. The number of hydrogen-bond acceptors (Lipinski definition) is 3. The highest BCUT2D eigenvalue weighted by Gasteiger charge is 2.39. The van der Waals surface area contributed by atoms with Gasteiger partial charge >= 0.3 is 0 Å². The van der Waals surface area contributed by atoms with E-state index in [2.05, 4.69) is 4.72 Å². The number of rotatable bonds is 4. The molecule has 1 aromatic rings. The zero-order valence-corrected chi connectivity index (χ0v) is 12.6. The van der Waals surface area contributed by atoms with Crippen LogP contribution in [0.25, 0.3) is 0 Å². The van der Waals surface area contributed by atoms with Crippen molar-refractivity contribution in [2.24, 2.45) is 0 Å². The first kappa shape index (κ1) is 16.1. The number of hydrogen-bond donors (Lipinski definition) is 2. The fraction of sp³-hybridized carbons (Fsp3) is 0.538. The minimum atomic E-state index is -3.90. The molecule has 2 N–H and O–H groups in total. The summed E-state index contributed by atoms with van der Waals surface area (Å²) in [5, 5.41) is 9.98. The lowest BCUT2D eigenvalue weighted by Gasteiger charge is -2.37. The minimum absolute atomic E-state index is 0.121. The fourth-order valence-electron chi connectivity index (χ4n) is 1.38. The highest BCUT2D eigenvalue weighted by molar-refractivity contribution is 7.89. The van der Waals surface area contributed by atoms with Crippen LogP contribution in [-0.2, 0) is 10.0 Å². The summed E-state index contributed by atoms with van der Waals surface area (Å²) in [7, 11) is -3.90. The first-order valence-electron chi connectivity index (χ1n) is 5.89. The molecule has 0 unspecified atom stereocenters. The van der Waals surface area contributed by atoms with Crippen LogP contribution in [0, 0.1) is 12.7 Å². The molecule has 0 saturated heterocycles. The molecule has 0 radical (unpaired) electrons. The summed E-state index contributed by atoms with van der Waals surface area (Å²) in [6, 6.07) is 3.58. The summed E-state index contributed by atoms with van der Waals surface area (Å²) in [5.74, 6) is -0.618. The van der Waals surface area contributed by atoms with Crippen LogP contribution in [0.15, 0.2) is 23.1 Å². The van der Waals surface area contributed by atoms with Crippen molar-refractivity contribution in [1.82, 2.24) is 4.72 Å². The van der Waals surface area contributed by atoms with E-state index in [1.807, 2.05) is 0 Å². The summed E-state index contributed by atoms with van der Waals surface area (Å²) in [5.41, 5.74) is -1.91. The third-order valence-corrected chi connectivity index (χ3v) is 5.16. The van der Waals surface area contributed by atoms with Crippen LogP contribution in [0.2, 0.25) is 0 Å². The molecule has 0 aliphatic carbocycles. The molecule has 0 aromatic heterocycles. The van der Waals surface area contributed by atoms with Gasteiger partial charge in [-0.2, -0.15) is 0 Å². The van der Waals surface area contributed by atoms with E-state index in [0.717, 1.165) is 6.07 Å². The van der Waals surface area contributed by atoms with Gasteiger partial charge in [-0.25, -0.2) is 17.5 Å². The first-order valence-corrected chi connectivity index (χ1v) is 7.38. The number of aryl methyl sites for hydroxylation is 1. The third kappa shape index (κ3) is 3.52. The van der Waals surface area contributed by atoms with Gasteiger partial charge in [-0.1, -0.05) is 6.07 Å². The molecule has 0 fully saturated rings. The molecule has 4 nitrogen and oxygen atoms in total. The Morgan fingerprint density at radius 3 is 2.21 bits per heavy atom. The summed E-state index contributed by atoms with van der Waals surface area (Å²) >= 11 is 0. The summed E-state index contributed by atoms with van der Waals surface area (Å²) in [6.07, 6.45) is 0. The topological polar surface area (TPSA) is 66.4 Å². The van der Waals surface area contributed by atoms with Crippen LogP contribution in [0.1, 0.15) is 33.3 Å². The van der Waals surface area contributed by atoms with Crippen molar-refractivity contribution in [2.75, 3.05) is 0 Å². The van der Waals surface area contributed by atoms with E-state index in [1.165, 1.54) is 26.0 Å². The Hall–Kier alpha value is -0.980. The van der Waals surface area contributed by atoms with Crippen molar-refractivity contribution in [2.45, 2.75) is 50.7 Å². The molecule has 0 aliphatic heterocycles. The number of sulfonamides is 1.